The minimum absolute atomic E-state index is 0.169. The molecule has 0 unspecified atom stereocenters. The summed E-state index contributed by atoms with van der Waals surface area (Å²) in [5, 5.41) is 9.06. The largest absolute Gasteiger partial charge is 0.494 e. The number of likely N-dealkylation sites (N-methyl/N-ethyl adjacent to an activating group) is 1. The number of allylic oxidation sites excluding steroid dienone is 3. The van der Waals surface area contributed by atoms with Crippen molar-refractivity contribution < 1.29 is 22.7 Å². The molecule has 1 aromatic carbocycles. The number of alkyl halides is 3. The van der Waals surface area contributed by atoms with E-state index in [0.717, 1.165) is 19.3 Å². The third kappa shape index (κ3) is 7.59. The molecule has 3 N–H and O–H groups in total. The van der Waals surface area contributed by atoms with Crippen LogP contribution in [0.25, 0.3) is 22.4 Å². The van der Waals surface area contributed by atoms with E-state index in [0.29, 0.717) is 28.9 Å². The van der Waals surface area contributed by atoms with Crippen molar-refractivity contribution in [1.82, 2.24) is 20.5 Å². The van der Waals surface area contributed by atoms with Crippen LogP contribution < -0.4 is 26.2 Å². The van der Waals surface area contributed by atoms with E-state index >= 15 is 0 Å². The number of hydrogen-bond acceptors (Lipinski definition) is 5. The van der Waals surface area contributed by atoms with Gasteiger partial charge in [0.05, 0.1) is 17.9 Å². The number of ether oxygens (including phenoxy) is 1. The van der Waals surface area contributed by atoms with Gasteiger partial charge in [-0.2, -0.15) is 13.2 Å². The summed E-state index contributed by atoms with van der Waals surface area (Å²) < 4.78 is 44.5. The van der Waals surface area contributed by atoms with Gasteiger partial charge >= 0.3 is 6.18 Å². The quantitative estimate of drug-likeness (QED) is 0.254. The number of hydrogen-bond donors (Lipinski definition) is 3. The maximum absolute atomic E-state index is 13.7. The number of rotatable bonds is 10. The number of nitrogens with one attached hydrogen (secondary N) is 3. The Labute approximate surface area is 235 Å². The molecule has 2 aliphatic rings. The topological polar surface area (TPSA) is 84.4 Å². The summed E-state index contributed by atoms with van der Waals surface area (Å²) in [4.78, 5) is 26.7. The Kier molecular flexibility index (Phi) is 9.42. The molecular formula is C29H30ClF3N4O3. The van der Waals surface area contributed by atoms with E-state index in [1.54, 1.807) is 42.9 Å². The van der Waals surface area contributed by atoms with Crippen molar-refractivity contribution in [2.24, 2.45) is 0 Å². The van der Waals surface area contributed by atoms with Gasteiger partial charge in [0.1, 0.15) is 5.75 Å². The molecule has 0 radical (unpaired) electrons. The summed E-state index contributed by atoms with van der Waals surface area (Å²) in [5.41, 5.74) is 2.82. The molecular weight excluding hydrogens is 545 g/mol. The Morgan fingerprint density at radius 1 is 1.23 bits per heavy atom. The molecule has 0 bridgehead atoms. The molecule has 40 heavy (non-hydrogen) atoms. The maximum atomic E-state index is 13.7. The monoisotopic (exact) mass is 574 g/mol. The van der Waals surface area contributed by atoms with Crippen LogP contribution in [0.3, 0.4) is 0 Å². The molecule has 4 rings (SSSR count). The minimum atomic E-state index is -4.27. The Bertz CT molecular complexity index is 1430. The van der Waals surface area contributed by atoms with E-state index in [-0.39, 0.29) is 40.8 Å². The number of carbonyl (C=O) groups is 1. The van der Waals surface area contributed by atoms with Crippen molar-refractivity contribution in [3.8, 4) is 16.9 Å². The van der Waals surface area contributed by atoms with Gasteiger partial charge in [-0.15, -0.1) is 0 Å². The normalized spacial score (nSPS) is 15.1. The van der Waals surface area contributed by atoms with Crippen molar-refractivity contribution in [3.05, 3.63) is 87.7 Å². The molecule has 1 aliphatic carbocycles. The van der Waals surface area contributed by atoms with Crippen LogP contribution in [0, 0.1) is 0 Å². The minimum Gasteiger partial charge on any atom is -0.494 e. The van der Waals surface area contributed by atoms with Crippen LogP contribution in [-0.2, 0) is 4.79 Å². The van der Waals surface area contributed by atoms with E-state index < -0.39 is 12.6 Å². The SMILES string of the molecule is CNC(=O)/C(=C\NC=C1CCC1)c1cc(-c2cc(Cl)cc(OCCCC(F)(F)F)c2)c(=O)n(C2=CNCC=C2)c1. The van der Waals surface area contributed by atoms with Crippen LogP contribution in [0.4, 0.5) is 13.2 Å². The number of aromatic nitrogens is 1. The molecule has 11 heteroatoms. The van der Waals surface area contributed by atoms with Crippen molar-refractivity contribution in [2.45, 2.75) is 38.3 Å². The Morgan fingerprint density at radius 3 is 2.67 bits per heavy atom. The molecule has 1 amide bonds. The highest BCUT2D eigenvalue weighted by molar-refractivity contribution is 6.31. The van der Waals surface area contributed by atoms with Crippen LogP contribution in [0.15, 0.2) is 71.6 Å². The number of carbonyl (C=O) groups excluding carboxylic acids is 1. The molecule has 1 aliphatic heterocycles. The Morgan fingerprint density at radius 2 is 2.02 bits per heavy atom. The zero-order chi connectivity index (χ0) is 28.7. The maximum Gasteiger partial charge on any atom is 0.389 e. The van der Waals surface area contributed by atoms with E-state index in [2.05, 4.69) is 16.0 Å². The third-order valence-corrected chi connectivity index (χ3v) is 6.64. The second-order valence-corrected chi connectivity index (χ2v) is 9.84. The number of pyridine rings is 1. The second-order valence-electron chi connectivity index (χ2n) is 9.40. The molecule has 0 atom stereocenters. The van der Waals surface area contributed by atoms with Crippen LogP contribution in [0.2, 0.25) is 5.02 Å². The lowest BCUT2D eigenvalue weighted by molar-refractivity contribution is -0.136. The average molecular weight is 575 g/mol. The van der Waals surface area contributed by atoms with E-state index in [1.807, 2.05) is 12.3 Å². The Balaban J connectivity index is 1.77. The highest BCUT2D eigenvalue weighted by Gasteiger charge is 2.26. The summed E-state index contributed by atoms with van der Waals surface area (Å²) in [6, 6.07) is 6.19. The number of halogens is 4. The van der Waals surface area contributed by atoms with Gasteiger partial charge in [0, 0.05) is 54.8 Å². The number of benzene rings is 1. The zero-order valence-corrected chi connectivity index (χ0v) is 22.7. The molecule has 1 fully saturated rings. The first kappa shape index (κ1) is 29.1. The highest BCUT2D eigenvalue weighted by Crippen LogP contribution is 2.30. The molecule has 0 saturated heterocycles. The van der Waals surface area contributed by atoms with Crippen molar-refractivity contribution in [3.63, 3.8) is 0 Å². The smallest absolute Gasteiger partial charge is 0.389 e. The van der Waals surface area contributed by atoms with Gasteiger partial charge in [-0.3, -0.25) is 14.2 Å². The van der Waals surface area contributed by atoms with Gasteiger partial charge < -0.3 is 20.7 Å². The average Bonchev–Trinajstić information content (AvgIpc) is 2.90. The first-order valence-electron chi connectivity index (χ1n) is 12.9. The van der Waals surface area contributed by atoms with Crippen molar-refractivity contribution in [2.75, 3.05) is 20.2 Å². The molecule has 2 heterocycles. The van der Waals surface area contributed by atoms with Gasteiger partial charge in [-0.05, 0) is 67.8 Å². The molecule has 0 spiro atoms. The molecule has 1 aromatic heterocycles. The lowest BCUT2D eigenvalue weighted by Crippen LogP contribution is -2.26. The molecule has 212 valence electrons. The molecule has 1 saturated carbocycles. The van der Waals surface area contributed by atoms with Crippen LogP contribution in [0.1, 0.15) is 37.7 Å². The van der Waals surface area contributed by atoms with Gasteiger partial charge in [0.25, 0.3) is 11.5 Å². The Hall–Kier alpha value is -3.92. The van der Waals surface area contributed by atoms with E-state index in [4.69, 9.17) is 16.3 Å². The lowest BCUT2D eigenvalue weighted by atomic mass is 9.94. The fourth-order valence-corrected chi connectivity index (χ4v) is 4.41. The highest BCUT2D eigenvalue weighted by atomic mass is 35.5. The zero-order valence-electron chi connectivity index (χ0n) is 21.9. The van der Waals surface area contributed by atoms with Crippen LogP contribution in [0.5, 0.6) is 5.75 Å². The van der Waals surface area contributed by atoms with Gasteiger partial charge in [0.15, 0.2) is 0 Å². The van der Waals surface area contributed by atoms with Gasteiger partial charge in [0.2, 0.25) is 0 Å². The predicted octanol–water partition coefficient (Wildman–Crippen LogP) is 5.59. The van der Waals surface area contributed by atoms with E-state index in [1.165, 1.54) is 23.3 Å². The van der Waals surface area contributed by atoms with E-state index in [9.17, 15) is 22.8 Å². The summed E-state index contributed by atoms with van der Waals surface area (Å²) >= 11 is 6.33. The van der Waals surface area contributed by atoms with Gasteiger partial charge in [-0.1, -0.05) is 23.3 Å². The summed E-state index contributed by atoms with van der Waals surface area (Å²) in [6.45, 7) is 0.438. The lowest BCUT2D eigenvalue weighted by Gasteiger charge is -2.18. The van der Waals surface area contributed by atoms with Crippen molar-refractivity contribution in [1.29, 1.82) is 0 Å². The first-order chi connectivity index (χ1) is 19.1. The van der Waals surface area contributed by atoms with Crippen LogP contribution >= 0.6 is 11.6 Å². The van der Waals surface area contributed by atoms with Gasteiger partial charge in [-0.25, -0.2) is 0 Å². The number of dihydropyridines is 1. The first-order valence-corrected chi connectivity index (χ1v) is 13.3. The standard InChI is InChI=1S/C29H30ClF3N4O3/c1-34-27(38)26(17-36-15-19-5-2-6-19)21-13-25(28(39)37(18-21)23-7-3-9-35-16-23)20-11-22(30)14-24(12-20)40-10-4-8-29(31,32)33/h3,7,11-18,35-36H,2,4-6,8-10H2,1H3,(H,34,38)/b26-17-. The fraction of sp³-hybridized carbons (Fsp3) is 0.310. The molecule has 2 aromatic rings. The number of amides is 1. The predicted molar refractivity (Wildman–Crippen MR) is 150 cm³/mol. The number of nitrogens with zero attached hydrogens (tertiary/aromatic N) is 1. The van der Waals surface area contributed by atoms with Crippen molar-refractivity contribution >= 4 is 28.8 Å². The summed E-state index contributed by atoms with van der Waals surface area (Å²) in [7, 11) is 1.52. The van der Waals surface area contributed by atoms with Crippen LogP contribution in [-0.4, -0.2) is 36.8 Å². The molecule has 7 nitrogen and oxygen atoms in total. The summed E-state index contributed by atoms with van der Waals surface area (Å²) in [6.07, 6.45) is 8.10. The third-order valence-electron chi connectivity index (χ3n) is 6.42. The summed E-state index contributed by atoms with van der Waals surface area (Å²) in [5.74, 6) is -0.128. The fourth-order valence-electron chi connectivity index (χ4n) is 4.18. The second kappa shape index (κ2) is 13.0.